The highest BCUT2D eigenvalue weighted by molar-refractivity contribution is 4.83. The maximum Gasteiger partial charge on any atom is 0.107 e. The van der Waals surface area contributed by atoms with Crippen molar-refractivity contribution in [2.75, 3.05) is 19.8 Å². The molecule has 2 nitrogen and oxygen atoms in total. The minimum absolute atomic E-state index is 0.289. The average molecular weight is 154 g/mol. The number of hydrogen-bond acceptors (Lipinski definition) is 2. The van der Waals surface area contributed by atoms with Crippen LogP contribution in [-0.2, 0) is 9.47 Å². The fraction of sp³-hybridized carbons (Fsp3) is 0.778. The summed E-state index contributed by atoms with van der Waals surface area (Å²) < 4.78 is 10.6. The molecule has 1 aliphatic heterocycles. The molecular formula is C9H14O2. The van der Waals surface area contributed by atoms with Crippen LogP contribution >= 0.6 is 0 Å². The first-order valence-electron chi connectivity index (χ1n) is 4.06. The van der Waals surface area contributed by atoms with E-state index in [2.05, 4.69) is 5.92 Å². The molecule has 1 heterocycles. The summed E-state index contributed by atoms with van der Waals surface area (Å²) in [6.45, 7) is 1.94. The van der Waals surface area contributed by atoms with Crippen LogP contribution in [0.2, 0.25) is 0 Å². The Morgan fingerprint density at radius 2 is 2.45 bits per heavy atom. The number of terminal acetylenes is 1. The Labute approximate surface area is 67.9 Å². The average Bonchev–Trinajstić information content (AvgIpc) is 2.07. The lowest BCUT2D eigenvalue weighted by molar-refractivity contribution is -0.0345. The molecule has 1 fully saturated rings. The summed E-state index contributed by atoms with van der Waals surface area (Å²) in [7, 11) is 0. The molecule has 0 amide bonds. The summed E-state index contributed by atoms with van der Waals surface area (Å²) in [5.41, 5.74) is 0. The molecular weight excluding hydrogens is 140 g/mol. The third kappa shape index (κ3) is 3.41. The predicted octanol–water partition coefficient (Wildman–Crippen LogP) is 1.21. The Morgan fingerprint density at radius 3 is 3.09 bits per heavy atom. The molecule has 11 heavy (non-hydrogen) atoms. The quantitative estimate of drug-likeness (QED) is 0.449. The SMILES string of the molecule is C#CCOCC1CCCCO1. The van der Waals surface area contributed by atoms with Crippen LogP contribution < -0.4 is 0 Å². The molecule has 1 unspecified atom stereocenters. The van der Waals surface area contributed by atoms with Gasteiger partial charge in [0.15, 0.2) is 0 Å². The van der Waals surface area contributed by atoms with Crippen LogP contribution in [0.15, 0.2) is 0 Å². The van der Waals surface area contributed by atoms with Gasteiger partial charge in [0.25, 0.3) is 0 Å². The summed E-state index contributed by atoms with van der Waals surface area (Å²) in [4.78, 5) is 0. The van der Waals surface area contributed by atoms with E-state index in [1.54, 1.807) is 0 Å². The minimum atomic E-state index is 0.289. The molecule has 0 aliphatic carbocycles. The molecule has 0 aromatic heterocycles. The Balaban J connectivity index is 2.01. The van der Waals surface area contributed by atoms with Gasteiger partial charge < -0.3 is 9.47 Å². The molecule has 2 heteroatoms. The lowest BCUT2D eigenvalue weighted by atomic mass is 10.1. The highest BCUT2D eigenvalue weighted by Crippen LogP contribution is 2.12. The van der Waals surface area contributed by atoms with Crippen LogP contribution in [0.4, 0.5) is 0 Å². The van der Waals surface area contributed by atoms with E-state index in [0.29, 0.717) is 13.2 Å². The van der Waals surface area contributed by atoms with Gasteiger partial charge >= 0.3 is 0 Å². The Bertz CT molecular complexity index is 131. The molecule has 0 radical (unpaired) electrons. The lowest BCUT2D eigenvalue weighted by Gasteiger charge is -2.21. The molecule has 1 atom stereocenters. The molecule has 1 rings (SSSR count). The normalized spacial score (nSPS) is 24.5. The smallest absolute Gasteiger partial charge is 0.107 e. The number of hydrogen-bond donors (Lipinski definition) is 0. The van der Waals surface area contributed by atoms with Gasteiger partial charge in [0.1, 0.15) is 6.61 Å². The number of rotatable bonds is 3. The highest BCUT2D eigenvalue weighted by atomic mass is 16.5. The van der Waals surface area contributed by atoms with Gasteiger partial charge in [-0.2, -0.15) is 0 Å². The topological polar surface area (TPSA) is 18.5 Å². The minimum Gasteiger partial charge on any atom is -0.376 e. The maximum absolute atomic E-state index is 5.43. The second kappa shape index (κ2) is 5.17. The van der Waals surface area contributed by atoms with Crippen LogP contribution in [0.1, 0.15) is 19.3 Å². The van der Waals surface area contributed by atoms with Crippen molar-refractivity contribution in [3.63, 3.8) is 0 Å². The number of ether oxygens (including phenoxy) is 2. The summed E-state index contributed by atoms with van der Waals surface area (Å²) in [5.74, 6) is 2.43. The zero-order valence-electron chi connectivity index (χ0n) is 6.71. The van der Waals surface area contributed by atoms with E-state index in [0.717, 1.165) is 13.0 Å². The van der Waals surface area contributed by atoms with Crippen LogP contribution in [0.25, 0.3) is 0 Å². The van der Waals surface area contributed by atoms with Crippen molar-refractivity contribution in [3.8, 4) is 12.3 Å². The third-order valence-corrected chi connectivity index (χ3v) is 1.76. The fourth-order valence-electron chi connectivity index (χ4n) is 1.19. The Morgan fingerprint density at radius 1 is 1.55 bits per heavy atom. The van der Waals surface area contributed by atoms with Gasteiger partial charge in [-0.05, 0) is 19.3 Å². The lowest BCUT2D eigenvalue weighted by Crippen LogP contribution is -2.24. The zero-order chi connectivity index (χ0) is 7.94. The van der Waals surface area contributed by atoms with Gasteiger partial charge in [-0.15, -0.1) is 6.42 Å². The predicted molar refractivity (Wildman–Crippen MR) is 43.2 cm³/mol. The van der Waals surface area contributed by atoms with Gasteiger partial charge in [-0.3, -0.25) is 0 Å². The van der Waals surface area contributed by atoms with Crippen molar-refractivity contribution in [1.29, 1.82) is 0 Å². The fourth-order valence-corrected chi connectivity index (χ4v) is 1.19. The Hall–Kier alpha value is -0.520. The van der Waals surface area contributed by atoms with Crippen molar-refractivity contribution in [3.05, 3.63) is 0 Å². The summed E-state index contributed by atoms with van der Waals surface area (Å²) >= 11 is 0. The van der Waals surface area contributed by atoms with E-state index in [-0.39, 0.29) is 6.10 Å². The summed E-state index contributed by atoms with van der Waals surface area (Å²) in [6.07, 6.45) is 8.87. The van der Waals surface area contributed by atoms with Gasteiger partial charge in [0.2, 0.25) is 0 Å². The van der Waals surface area contributed by atoms with Gasteiger partial charge in [0, 0.05) is 6.61 Å². The van der Waals surface area contributed by atoms with Crippen LogP contribution in [0.5, 0.6) is 0 Å². The van der Waals surface area contributed by atoms with Crippen LogP contribution in [-0.4, -0.2) is 25.9 Å². The molecule has 0 aromatic carbocycles. The molecule has 0 saturated carbocycles. The zero-order valence-corrected chi connectivity index (χ0v) is 6.71. The first-order valence-corrected chi connectivity index (χ1v) is 4.06. The third-order valence-electron chi connectivity index (χ3n) is 1.76. The van der Waals surface area contributed by atoms with Crippen molar-refractivity contribution in [2.24, 2.45) is 0 Å². The summed E-state index contributed by atoms with van der Waals surface area (Å²) in [6, 6.07) is 0. The second-order valence-corrected chi connectivity index (χ2v) is 2.71. The van der Waals surface area contributed by atoms with Gasteiger partial charge in [0.05, 0.1) is 12.7 Å². The first-order chi connectivity index (χ1) is 5.43. The molecule has 62 valence electrons. The van der Waals surface area contributed by atoms with E-state index >= 15 is 0 Å². The highest BCUT2D eigenvalue weighted by Gasteiger charge is 2.12. The Kier molecular flexibility index (Phi) is 4.03. The van der Waals surface area contributed by atoms with Crippen molar-refractivity contribution >= 4 is 0 Å². The first kappa shape index (κ1) is 8.58. The van der Waals surface area contributed by atoms with E-state index in [1.165, 1.54) is 12.8 Å². The van der Waals surface area contributed by atoms with E-state index in [4.69, 9.17) is 15.9 Å². The van der Waals surface area contributed by atoms with E-state index < -0.39 is 0 Å². The van der Waals surface area contributed by atoms with Crippen LogP contribution in [0, 0.1) is 12.3 Å². The standard InChI is InChI=1S/C9H14O2/c1-2-6-10-8-9-5-3-4-7-11-9/h1,9H,3-8H2. The van der Waals surface area contributed by atoms with E-state index in [9.17, 15) is 0 Å². The molecule has 0 spiro atoms. The van der Waals surface area contributed by atoms with Crippen LogP contribution in [0.3, 0.4) is 0 Å². The van der Waals surface area contributed by atoms with Gasteiger partial charge in [-0.25, -0.2) is 0 Å². The van der Waals surface area contributed by atoms with Crippen molar-refractivity contribution in [1.82, 2.24) is 0 Å². The molecule has 1 aliphatic rings. The van der Waals surface area contributed by atoms with Crippen molar-refractivity contribution < 1.29 is 9.47 Å². The largest absolute Gasteiger partial charge is 0.376 e. The molecule has 1 saturated heterocycles. The molecule has 0 N–H and O–H groups in total. The molecule has 0 bridgehead atoms. The summed E-state index contributed by atoms with van der Waals surface area (Å²) in [5, 5.41) is 0. The molecule has 0 aromatic rings. The second-order valence-electron chi connectivity index (χ2n) is 2.71. The van der Waals surface area contributed by atoms with Gasteiger partial charge in [-0.1, -0.05) is 5.92 Å². The van der Waals surface area contributed by atoms with Crippen molar-refractivity contribution in [2.45, 2.75) is 25.4 Å². The monoisotopic (exact) mass is 154 g/mol. The maximum atomic E-state index is 5.43. The van der Waals surface area contributed by atoms with E-state index in [1.807, 2.05) is 0 Å².